The van der Waals surface area contributed by atoms with Crippen LogP contribution in [-0.2, 0) is 14.3 Å². The molecule has 0 atom stereocenters. The monoisotopic (exact) mass is 374 g/mol. The zero-order chi connectivity index (χ0) is 19.8. The van der Waals surface area contributed by atoms with Crippen molar-refractivity contribution in [2.45, 2.75) is 6.92 Å². The van der Waals surface area contributed by atoms with E-state index in [1.54, 1.807) is 31.2 Å². The lowest BCUT2D eigenvalue weighted by Crippen LogP contribution is -2.24. The number of amides is 1. The molecule has 2 rings (SSSR count). The molecule has 0 aliphatic rings. The second kappa shape index (κ2) is 9.18. The number of benzene rings is 2. The van der Waals surface area contributed by atoms with Crippen LogP contribution in [-0.4, -0.2) is 37.1 Å². The first-order valence-corrected chi connectivity index (χ1v) is 7.86. The molecule has 0 saturated carbocycles. The average Bonchev–Trinajstić information content (AvgIpc) is 2.66. The number of aryl methyl sites for hydroxylation is 1. The Morgan fingerprint density at radius 2 is 1.74 bits per heavy atom. The van der Waals surface area contributed by atoms with Crippen LogP contribution < -0.4 is 14.8 Å². The molecule has 0 spiro atoms. The van der Waals surface area contributed by atoms with E-state index in [0.717, 1.165) is 0 Å². The second-order valence-corrected chi connectivity index (χ2v) is 5.43. The van der Waals surface area contributed by atoms with Crippen molar-refractivity contribution in [2.24, 2.45) is 0 Å². The number of hydrogen-bond donors (Lipinski definition) is 1. The number of rotatable bonds is 8. The van der Waals surface area contributed by atoms with E-state index in [1.165, 1.54) is 25.3 Å². The Labute approximate surface area is 155 Å². The van der Waals surface area contributed by atoms with Crippen LogP contribution >= 0.6 is 0 Å². The number of carbonyl (C=O) groups excluding carboxylic acids is 2. The van der Waals surface area contributed by atoms with Gasteiger partial charge >= 0.3 is 5.97 Å². The zero-order valence-corrected chi connectivity index (χ0v) is 14.8. The Morgan fingerprint density at radius 3 is 2.37 bits per heavy atom. The Balaban J connectivity index is 1.80. The van der Waals surface area contributed by atoms with Gasteiger partial charge in [-0.15, -0.1) is 0 Å². The highest BCUT2D eigenvalue weighted by molar-refractivity contribution is 5.93. The lowest BCUT2D eigenvalue weighted by atomic mass is 10.2. The van der Waals surface area contributed by atoms with Crippen LogP contribution in [0.2, 0.25) is 0 Å². The molecule has 1 amide bonds. The fourth-order valence-corrected chi connectivity index (χ4v) is 2.05. The Morgan fingerprint density at radius 1 is 1.07 bits per heavy atom. The van der Waals surface area contributed by atoms with Gasteiger partial charge in [0.1, 0.15) is 11.5 Å². The topological polar surface area (TPSA) is 117 Å². The number of nitrogens with one attached hydrogen (secondary N) is 1. The minimum Gasteiger partial charge on any atom is -0.497 e. The predicted octanol–water partition coefficient (Wildman–Crippen LogP) is 2.47. The minimum atomic E-state index is -0.725. The van der Waals surface area contributed by atoms with Gasteiger partial charge in [-0.25, -0.2) is 4.79 Å². The molecule has 1 N–H and O–H groups in total. The van der Waals surface area contributed by atoms with Crippen LogP contribution in [0, 0.1) is 17.0 Å². The predicted molar refractivity (Wildman–Crippen MR) is 95.9 cm³/mol. The van der Waals surface area contributed by atoms with Crippen molar-refractivity contribution >= 4 is 23.3 Å². The number of ether oxygens (including phenoxy) is 3. The van der Waals surface area contributed by atoms with Gasteiger partial charge in [-0.3, -0.25) is 14.9 Å². The van der Waals surface area contributed by atoms with Gasteiger partial charge in [-0.05, 0) is 36.8 Å². The molecular weight excluding hydrogens is 356 g/mol. The van der Waals surface area contributed by atoms with Gasteiger partial charge < -0.3 is 19.5 Å². The van der Waals surface area contributed by atoms with Gasteiger partial charge in [0.25, 0.3) is 11.6 Å². The van der Waals surface area contributed by atoms with Crippen molar-refractivity contribution in [1.29, 1.82) is 0 Å². The first kappa shape index (κ1) is 19.7. The molecule has 2 aromatic rings. The SMILES string of the molecule is COc1ccc(OCC(=O)OCC(=O)Nc2cc([N+](=O)[O-])ccc2C)cc1. The lowest BCUT2D eigenvalue weighted by Gasteiger charge is -2.09. The van der Waals surface area contributed by atoms with Crippen LogP contribution in [0.5, 0.6) is 11.5 Å². The molecule has 0 fully saturated rings. The second-order valence-electron chi connectivity index (χ2n) is 5.43. The maximum atomic E-state index is 11.9. The quantitative estimate of drug-likeness (QED) is 0.428. The van der Waals surface area contributed by atoms with Crippen molar-refractivity contribution in [1.82, 2.24) is 0 Å². The van der Waals surface area contributed by atoms with E-state index in [0.29, 0.717) is 17.1 Å². The van der Waals surface area contributed by atoms with E-state index in [-0.39, 0.29) is 18.0 Å². The first-order valence-electron chi connectivity index (χ1n) is 7.86. The maximum Gasteiger partial charge on any atom is 0.344 e. The summed E-state index contributed by atoms with van der Waals surface area (Å²) in [5.74, 6) is -0.240. The molecular formula is C18H18N2O7. The van der Waals surface area contributed by atoms with Gasteiger partial charge in [0.05, 0.1) is 17.7 Å². The molecule has 2 aromatic carbocycles. The minimum absolute atomic E-state index is 0.152. The third-order valence-electron chi connectivity index (χ3n) is 3.49. The number of hydrogen-bond acceptors (Lipinski definition) is 7. The summed E-state index contributed by atoms with van der Waals surface area (Å²) in [4.78, 5) is 33.8. The Kier molecular flexibility index (Phi) is 6.70. The Hall–Kier alpha value is -3.62. The number of nitrogens with zero attached hydrogens (tertiary/aromatic N) is 1. The highest BCUT2D eigenvalue weighted by Crippen LogP contribution is 2.21. The number of esters is 1. The summed E-state index contributed by atoms with van der Waals surface area (Å²) in [5.41, 5.74) is 0.767. The van der Waals surface area contributed by atoms with E-state index >= 15 is 0 Å². The van der Waals surface area contributed by atoms with Crippen LogP contribution in [0.15, 0.2) is 42.5 Å². The summed E-state index contributed by atoms with van der Waals surface area (Å²) < 4.78 is 15.1. The summed E-state index contributed by atoms with van der Waals surface area (Å²) in [6.07, 6.45) is 0. The summed E-state index contributed by atoms with van der Waals surface area (Å²) in [6.45, 7) is 0.788. The lowest BCUT2D eigenvalue weighted by molar-refractivity contribution is -0.384. The summed E-state index contributed by atoms with van der Waals surface area (Å²) >= 11 is 0. The molecule has 9 heteroatoms. The molecule has 0 radical (unpaired) electrons. The molecule has 27 heavy (non-hydrogen) atoms. The highest BCUT2D eigenvalue weighted by atomic mass is 16.6. The van der Waals surface area contributed by atoms with Crippen LogP contribution in [0.1, 0.15) is 5.56 Å². The summed E-state index contributed by atoms with van der Waals surface area (Å²) in [6, 6.07) is 10.7. The molecule has 9 nitrogen and oxygen atoms in total. The molecule has 142 valence electrons. The zero-order valence-electron chi connectivity index (χ0n) is 14.8. The van der Waals surface area contributed by atoms with E-state index in [1.807, 2.05) is 0 Å². The van der Waals surface area contributed by atoms with Gasteiger partial charge in [-0.1, -0.05) is 6.07 Å². The number of methoxy groups -OCH3 is 1. The fraction of sp³-hybridized carbons (Fsp3) is 0.222. The molecule has 0 aromatic heterocycles. The van der Waals surface area contributed by atoms with E-state index < -0.39 is 23.4 Å². The first-order chi connectivity index (χ1) is 12.9. The largest absolute Gasteiger partial charge is 0.497 e. The number of nitro benzene ring substituents is 1. The van der Waals surface area contributed by atoms with E-state index in [9.17, 15) is 19.7 Å². The van der Waals surface area contributed by atoms with Gasteiger partial charge in [-0.2, -0.15) is 0 Å². The number of nitro groups is 1. The van der Waals surface area contributed by atoms with Gasteiger partial charge in [0.2, 0.25) is 0 Å². The van der Waals surface area contributed by atoms with Crippen LogP contribution in [0.4, 0.5) is 11.4 Å². The smallest absolute Gasteiger partial charge is 0.344 e. The molecule has 0 aliphatic heterocycles. The van der Waals surface area contributed by atoms with Crippen LogP contribution in [0.25, 0.3) is 0 Å². The maximum absolute atomic E-state index is 11.9. The van der Waals surface area contributed by atoms with Gasteiger partial charge in [0, 0.05) is 12.1 Å². The van der Waals surface area contributed by atoms with Crippen molar-refractivity contribution in [3.8, 4) is 11.5 Å². The standard InChI is InChI=1S/C18H18N2O7/c1-12-3-4-13(20(23)24)9-16(12)19-17(21)10-27-18(22)11-26-15-7-5-14(25-2)6-8-15/h3-9H,10-11H2,1-2H3,(H,19,21). The molecule has 0 bridgehead atoms. The number of anilines is 1. The fourth-order valence-electron chi connectivity index (χ4n) is 2.05. The van der Waals surface area contributed by atoms with E-state index in [4.69, 9.17) is 14.2 Å². The third-order valence-corrected chi connectivity index (χ3v) is 3.49. The van der Waals surface area contributed by atoms with Crippen molar-refractivity contribution in [2.75, 3.05) is 25.6 Å². The molecule has 0 aliphatic carbocycles. The number of carbonyl (C=O) groups is 2. The average molecular weight is 374 g/mol. The molecule has 0 unspecified atom stereocenters. The number of non-ortho nitro benzene ring substituents is 1. The third kappa shape index (κ3) is 5.99. The van der Waals surface area contributed by atoms with Crippen molar-refractivity contribution in [3.63, 3.8) is 0 Å². The Bertz CT molecular complexity index is 834. The molecule has 0 saturated heterocycles. The normalized spacial score (nSPS) is 10.0. The summed E-state index contributed by atoms with van der Waals surface area (Å²) in [5, 5.41) is 13.3. The highest BCUT2D eigenvalue weighted by Gasteiger charge is 2.13. The summed E-state index contributed by atoms with van der Waals surface area (Å²) in [7, 11) is 1.54. The van der Waals surface area contributed by atoms with Crippen molar-refractivity contribution < 1.29 is 28.7 Å². The van der Waals surface area contributed by atoms with Gasteiger partial charge in [0.15, 0.2) is 13.2 Å². The van der Waals surface area contributed by atoms with Crippen molar-refractivity contribution in [3.05, 3.63) is 58.1 Å². The van der Waals surface area contributed by atoms with Crippen LogP contribution in [0.3, 0.4) is 0 Å². The molecule has 0 heterocycles. The van der Waals surface area contributed by atoms with E-state index in [2.05, 4.69) is 5.32 Å².